The maximum Gasteiger partial charge on any atom is 0.196 e. The van der Waals surface area contributed by atoms with E-state index in [-0.39, 0.29) is 0 Å². The number of morpholine rings is 1. The van der Waals surface area contributed by atoms with Gasteiger partial charge in [0.2, 0.25) is 0 Å². The van der Waals surface area contributed by atoms with Gasteiger partial charge in [-0.05, 0) is 37.1 Å². The van der Waals surface area contributed by atoms with Gasteiger partial charge in [-0.2, -0.15) is 0 Å². The van der Waals surface area contributed by atoms with Crippen molar-refractivity contribution in [3.8, 4) is 17.1 Å². The molecular formula is C22H27N4OS+. The molecule has 1 N–H and O–H groups in total. The van der Waals surface area contributed by atoms with E-state index < -0.39 is 0 Å². The Morgan fingerprint density at radius 3 is 2.54 bits per heavy atom. The maximum absolute atomic E-state index is 5.46. The summed E-state index contributed by atoms with van der Waals surface area (Å²) >= 11 is 1.79. The van der Waals surface area contributed by atoms with Crippen LogP contribution in [-0.2, 0) is 4.74 Å². The molecule has 1 aliphatic rings. The molecule has 0 radical (unpaired) electrons. The highest BCUT2D eigenvalue weighted by Gasteiger charge is 2.18. The van der Waals surface area contributed by atoms with Crippen LogP contribution in [0, 0.1) is 13.8 Å². The molecule has 1 aliphatic heterocycles. The Kier molecular flexibility index (Phi) is 6.10. The van der Waals surface area contributed by atoms with Crippen molar-refractivity contribution >= 4 is 11.8 Å². The summed E-state index contributed by atoms with van der Waals surface area (Å²) in [6.07, 6.45) is 0. The lowest BCUT2D eigenvalue weighted by molar-refractivity contribution is -0.905. The first-order valence-electron chi connectivity index (χ1n) is 9.85. The molecule has 1 aromatic heterocycles. The molecule has 0 spiro atoms. The van der Waals surface area contributed by atoms with Gasteiger partial charge in [-0.3, -0.25) is 4.57 Å². The number of nitrogens with zero attached hydrogens (tertiary/aromatic N) is 3. The molecule has 3 aromatic rings. The number of nitrogens with one attached hydrogen (secondary N) is 1. The lowest BCUT2D eigenvalue weighted by Crippen LogP contribution is -3.14. The van der Waals surface area contributed by atoms with Crippen molar-refractivity contribution in [2.24, 2.45) is 0 Å². The second kappa shape index (κ2) is 8.90. The summed E-state index contributed by atoms with van der Waals surface area (Å²) in [5, 5.41) is 10.0. The first-order chi connectivity index (χ1) is 13.7. The largest absolute Gasteiger partial charge is 0.370 e. The van der Waals surface area contributed by atoms with Crippen LogP contribution in [0.1, 0.15) is 11.1 Å². The smallest absolute Gasteiger partial charge is 0.196 e. The monoisotopic (exact) mass is 395 g/mol. The van der Waals surface area contributed by atoms with E-state index in [0.717, 1.165) is 60.8 Å². The standard InChI is InChI=1S/C22H26N4OS/c1-17-8-9-20(16-18(17)2)26-21(19-6-4-3-5-7-19)23-24-22(26)28-15-12-25-10-13-27-14-11-25/h3-9,16H,10-15H2,1-2H3/p+1. The molecule has 0 aliphatic carbocycles. The molecule has 5 nitrogen and oxygen atoms in total. The molecule has 146 valence electrons. The SMILES string of the molecule is Cc1ccc(-n2c(SCC[NH+]3CCOCC3)nnc2-c2ccccc2)cc1C. The van der Waals surface area contributed by atoms with Crippen molar-refractivity contribution in [1.29, 1.82) is 0 Å². The summed E-state index contributed by atoms with van der Waals surface area (Å²) < 4.78 is 7.66. The highest BCUT2D eigenvalue weighted by atomic mass is 32.2. The molecule has 1 saturated heterocycles. The van der Waals surface area contributed by atoms with E-state index in [1.54, 1.807) is 16.7 Å². The average molecular weight is 396 g/mol. The molecule has 0 bridgehead atoms. The highest BCUT2D eigenvalue weighted by Crippen LogP contribution is 2.28. The number of benzene rings is 2. The first kappa shape index (κ1) is 19.2. The molecule has 0 unspecified atom stereocenters. The number of aromatic nitrogens is 3. The van der Waals surface area contributed by atoms with Crippen LogP contribution in [0.5, 0.6) is 0 Å². The number of quaternary nitrogens is 1. The predicted octanol–water partition coefficient (Wildman–Crippen LogP) is 2.56. The van der Waals surface area contributed by atoms with E-state index >= 15 is 0 Å². The molecule has 4 rings (SSSR count). The molecule has 0 atom stereocenters. The van der Waals surface area contributed by atoms with Gasteiger partial charge in [0.15, 0.2) is 11.0 Å². The minimum Gasteiger partial charge on any atom is -0.370 e. The van der Waals surface area contributed by atoms with Gasteiger partial charge in [-0.25, -0.2) is 0 Å². The summed E-state index contributed by atoms with van der Waals surface area (Å²) in [6, 6.07) is 16.9. The van der Waals surface area contributed by atoms with Crippen LogP contribution in [0.3, 0.4) is 0 Å². The van der Waals surface area contributed by atoms with Gasteiger partial charge in [0.05, 0.1) is 31.2 Å². The second-order valence-electron chi connectivity index (χ2n) is 7.24. The Labute approximate surface area is 170 Å². The zero-order valence-electron chi connectivity index (χ0n) is 16.5. The van der Waals surface area contributed by atoms with E-state index in [2.05, 4.69) is 58.9 Å². The Balaban J connectivity index is 1.62. The molecule has 2 heterocycles. The van der Waals surface area contributed by atoms with E-state index in [9.17, 15) is 0 Å². The van der Waals surface area contributed by atoms with E-state index in [1.807, 2.05) is 18.2 Å². The number of hydrogen-bond acceptors (Lipinski definition) is 4. The summed E-state index contributed by atoms with van der Waals surface area (Å²) in [4.78, 5) is 1.61. The van der Waals surface area contributed by atoms with E-state index in [0.29, 0.717) is 0 Å². The fourth-order valence-corrected chi connectivity index (χ4v) is 4.42. The van der Waals surface area contributed by atoms with Crippen LogP contribution in [0.2, 0.25) is 0 Å². The van der Waals surface area contributed by atoms with Gasteiger partial charge in [0.25, 0.3) is 0 Å². The molecular weight excluding hydrogens is 368 g/mol. The lowest BCUT2D eigenvalue weighted by Gasteiger charge is -2.23. The van der Waals surface area contributed by atoms with Crippen molar-refractivity contribution in [1.82, 2.24) is 14.8 Å². The summed E-state index contributed by atoms with van der Waals surface area (Å²) in [5.41, 5.74) is 4.77. The zero-order valence-corrected chi connectivity index (χ0v) is 17.3. The Bertz CT molecular complexity index is 920. The van der Waals surface area contributed by atoms with Gasteiger partial charge in [0.1, 0.15) is 13.1 Å². The molecule has 6 heteroatoms. The second-order valence-corrected chi connectivity index (χ2v) is 8.30. The highest BCUT2D eigenvalue weighted by molar-refractivity contribution is 7.99. The normalized spacial score (nSPS) is 15.1. The van der Waals surface area contributed by atoms with Crippen molar-refractivity contribution in [2.75, 3.05) is 38.6 Å². The summed E-state index contributed by atoms with van der Waals surface area (Å²) in [7, 11) is 0. The van der Waals surface area contributed by atoms with Crippen LogP contribution in [0.15, 0.2) is 53.7 Å². The molecule has 2 aromatic carbocycles. The molecule has 0 amide bonds. The van der Waals surface area contributed by atoms with Gasteiger partial charge < -0.3 is 9.64 Å². The molecule has 28 heavy (non-hydrogen) atoms. The topological polar surface area (TPSA) is 44.4 Å². The minimum absolute atomic E-state index is 0.872. The summed E-state index contributed by atoms with van der Waals surface area (Å²) in [6.45, 7) is 9.35. The van der Waals surface area contributed by atoms with Crippen LogP contribution in [0.25, 0.3) is 17.1 Å². The lowest BCUT2D eigenvalue weighted by atomic mass is 10.1. The Hall–Kier alpha value is -2.15. The van der Waals surface area contributed by atoms with Crippen LogP contribution in [-0.4, -0.2) is 53.4 Å². The number of hydrogen-bond donors (Lipinski definition) is 1. The average Bonchev–Trinajstić information content (AvgIpc) is 3.15. The van der Waals surface area contributed by atoms with Crippen molar-refractivity contribution in [2.45, 2.75) is 19.0 Å². The zero-order chi connectivity index (χ0) is 19.3. The van der Waals surface area contributed by atoms with Gasteiger partial charge in [0, 0.05) is 5.56 Å². The quantitative estimate of drug-likeness (QED) is 0.652. The predicted molar refractivity (Wildman–Crippen MR) is 113 cm³/mol. The number of aryl methyl sites for hydroxylation is 2. The molecule has 1 fully saturated rings. The van der Waals surface area contributed by atoms with Crippen LogP contribution in [0.4, 0.5) is 0 Å². The van der Waals surface area contributed by atoms with Crippen molar-refractivity contribution in [3.05, 3.63) is 59.7 Å². The Morgan fingerprint density at radius 2 is 1.79 bits per heavy atom. The fraction of sp³-hybridized carbons (Fsp3) is 0.364. The fourth-order valence-electron chi connectivity index (χ4n) is 3.43. The Morgan fingerprint density at radius 1 is 1.00 bits per heavy atom. The molecule has 0 saturated carbocycles. The maximum atomic E-state index is 5.46. The third-order valence-corrected chi connectivity index (χ3v) is 6.23. The van der Waals surface area contributed by atoms with E-state index in [4.69, 9.17) is 4.74 Å². The van der Waals surface area contributed by atoms with E-state index in [1.165, 1.54) is 11.1 Å². The first-order valence-corrected chi connectivity index (χ1v) is 10.8. The number of rotatable bonds is 6. The van der Waals surface area contributed by atoms with Gasteiger partial charge in [-0.1, -0.05) is 48.2 Å². The van der Waals surface area contributed by atoms with Crippen LogP contribution < -0.4 is 4.90 Å². The van der Waals surface area contributed by atoms with Gasteiger partial charge in [-0.15, -0.1) is 10.2 Å². The minimum atomic E-state index is 0.872. The van der Waals surface area contributed by atoms with Crippen molar-refractivity contribution in [3.63, 3.8) is 0 Å². The number of ether oxygens (including phenoxy) is 1. The third kappa shape index (κ3) is 4.29. The van der Waals surface area contributed by atoms with Gasteiger partial charge >= 0.3 is 0 Å². The van der Waals surface area contributed by atoms with Crippen LogP contribution >= 0.6 is 11.8 Å². The summed E-state index contributed by atoms with van der Waals surface area (Å²) in [5.74, 6) is 1.91. The third-order valence-electron chi connectivity index (χ3n) is 5.30. The van der Waals surface area contributed by atoms with Crippen molar-refractivity contribution < 1.29 is 9.64 Å². The number of thioether (sulfide) groups is 1.